The number of hydrogen-bond donors (Lipinski definition) is 2. The van der Waals surface area contributed by atoms with Crippen molar-refractivity contribution in [3.63, 3.8) is 0 Å². The summed E-state index contributed by atoms with van der Waals surface area (Å²) in [6.45, 7) is 2.63. The van der Waals surface area contributed by atoms with Crippen molar-refractivity contribution >= 4 is 16.6 Å². The highest BCUT2D eigenvalue weighted by atomic mass is 16.3. The molecule has 0 spiro atoms. The second-order valence-corrected chi connectivity index (χ2v) is 5.96. The fraction of sp³-hybridized carbons (Fsp3) is 0.471. The molecule has 3 nitrogen and oxygen atoms in total. The molecule has 0 radical (unpaired) electrons. The number of nitrogens with zero attached hydrogens (tertiary/aromatic N) is 1. The molecule has 20 heavy (non-hydrogen) atoms. The molecular weight excluding hydrogens is 248 g/mol. The molecule has 1 aromatic carbocycles. The number of nitrogens with one attached hydrogen (secondary N) is 1. The minimum atomic E-state index is -0.543. The van der Waals surface area contributed by atoms with Crippen molar-refractivity contribution in [1.29, 1.82) is 0 Å². The number of anilines is 1. The van der Waals surface area contributed by atoms with Gasteiger partial charge in [-0.05, 0) is 44.0 Å². The van der Waals surface area contributed by atoms with Gasteiger partial charge in [-0.3, -0.25) is 4.98 Å². The molecule has 1 heterocycles. The quantitative estimate of drug-likeness (QED) is 0.895. The molecule has 0 amide bonds. The van der Waals surface area contributed by atoms with E-state index in [0.29, 0.717) is 6.54 Å². The molecule has 1 aromatic heterocycles. The average molecular weight is 270 g/mol. The number of fused-ring (bicyclic) bond motifs is 1. The third kappa shape index (κ3) is 2.78. The predicted octanol–water partition coefficient (Wildman–Crippen LogP) is 3.65. The second kappa shape index (κ2) is 5.41. The molecule has 106 valence electrons. The summed E-state index contributed by atoms with van der Waals surface area (Å²) in [4.78, 5) is 4.55. The summed E-state index contributed by atoms with van der Waals surface area (Å²) in [7, 11) is 0. The minimum absolute atomic E-state index is 0.543. The molecule has 3 rings (SSSR count). The monoisotopic (exact) mass is 270 g/mol. The molecule has 2 aromatic rings. The number of hydrogen-bond acceptors (Lipinski definition) is 3. The van der Waals surface area contributed by atoms with Gasteiger partial charge in [0.25, 0.3) is 0 Å². The van der Waals surface area contributed by atoms with Crippen LogP contribution in [0, 0.1) is 6.92 Å². The lowest BCUT2D eigenvalue weighted by atomic mass is 9.85. The van der Waals surface area contributed by atoms with Crippen LogP contribution in [0.5, 0.6) is 0 Å². The Labute approximate surface area is 120 Å². The Hall–Kier alpha value is -1.61. The van der Waals surface area contributed by atoms with Crippen molar-refractivity contribution in [3.8, 4) is 0 Å². The highest BCUT2D eigenvalue weighted by molar-refractivity contribution is 5.91. The van der Waals surface area contributed by atoms with Crippen LogP contribution in [0.15, 0.2) is 30.3 Å². The standard InChI is InChI=1S/C17H22N2O/c1-13-8-9-14-15(6-5-7-16(14)19-13)18-12-17(20)10-3-2-4-11-17/h5-9,18,20H,2-4,10-12H2,1H3. The van der Waals surface area contributed by atoms with Crippen LogP contribution < -0.4 is 5.32 Å². The first-order chi connectivity index (χ1) is 9.66. The van der Waals surface area contributed by atoms with E-state index in [1.807, 2.05) is 25.1 Å². The molecule has 1 aliphatic rings. The Morgan fingerprint density at radius 1 is 1.15 bits per heavy atom. The highest BCUT2D eigenvalue weighted by Crippen LogP contribution is 2.29. The van der Waals surface area contributed by atoms with E-state index < -0.39 is 5.60 Å². The van der Waals surface area contributed by atoms with E-state index in [9.17, 15) is 5.11 Å². The topological polar surface area (TPSA) is 45.1 Å². The Bertz CT molecular complexity index is 603. The van der Waals surface area contributed by atoms with Gasteiger partial charge < -0.3 is 10.4 Å². The lowest BCUT2D eigenvalue weighted by Gasteiger charge is -2.32. The molecule has 0 bridgehead atoms. The van der Waals surface area contributed by atoms with Gasteiger partial charge in [-0.25, -0.2) is 0 Å². The first-order valence-corrected chi connectivity index (χ1v) is 7.49. The Morgan fingerprint density at radius 3 is 2.75 bits per heavy atom. The summed E-state index contributed by atoms with van der Waals surface area (Å²) < 4.78 is 0. The molecule has 0 atom stereocenters. The Kier molecular flexibility index (Phi) is 3.62. The number of pyridine rings is 1. The van der Waals surface area contributed by atoms with Gasteiger partial charge in [0.05, 0.1) is 11.1 Å². The van der Waals surface area contributed by atoms with Crippen LogP contribution in [-0.4, -0.2) is 22.2 Å². The van der Waals surface area contributed by atoms with Crippen LogP contribution in [0.2, 0.25) is 0 Å². The molecule has 0 aliphatic heterocycles. The van der Waals surface area contributed by atoms with Gasteiger partial charge in [0, 0.05) is 23.3 Å². The van der Waals surface area contributed by atoms with E-state index in [-0.39, 0.29) is 0 Å². The first kappa shape index (κ1) is 13.4. The van der Waals surface area contributed by atoms with Gasteiger partial charge in [-0.1, -0.05) is 25.3 Å². The molecule has 1 saturated carbocycles. The zero-order valence-electron chi connectivity index (χ0n) is 12.0. The van der Waals surface area contributed by atoms with Crippen molar-refractivity contribution in [2.45, 2.75) is 44.6 Å². The number of aromatic nitrogens is 1. The number of aliphatic hydroxyl groups is 1. The van der Waals surface area contributed by atoms with Gasteiger partial charge in [0.2, 0.25) is 0 Å². The highest BCUT2D eigenvalue weighted by Gasteiger charge is 2.28. The molecule has 0 saturated heterocycles. The van der Waals surface area contributed by atoms with Crippen LogP contribution in [0.4, 0.5) is 5.69 Å². The maximum atomic E-state index is 10.6. The largest absolute Gasteiger partial charge is 0.388 e. The SMILES string of the molecule is Cc1ccc2c(NCC3(O)CCCCC3)cccc2n1. The summed E-state index contributed by atoms with van der Waals surface area (Å²) in [5, 5.41) is 15.1. The van der Waals surface area contributed by atoms with Gasteiger partial charge in [-0.15, -0.1) is 0 Å². The number of benzene rings is 1. The van der Waals surface area contributed by atoms with Crippen LogP contribution in [0.25, 0.3) is 10.9 Å². The van der Waals surface area contributed by atoms with Crippen LogP contribution in [-0.2, 0) is 0 Å². The van der Waals surface area contributed by atoms with Crippen LogP contribution in [0.3, 0.4) is 0 Å². The lowest BCUT2D eigenvalue weighted by Crippen LogP contribution is -2.38. The lowest BCUT2D eigenvalue weighted by molar-refractivity contribution is 0.0167. The van der Waals surface area contributed by atoms with Gasteiger partial charge >= 0.3 is 0 Å². The fourth-order valence-corrected chi connectivity index (χ4v) is 3.06. The fourth-order valence-electron chi connectivity index (χ4n) is 3.06. The second-order valence-electron chi connectivity index (χ2n) is 5.96. The smallest absolute Gasteiger partial charge is 0.0819 e. The van der Waals surface area contributed by atoms with E-state index in [4.69, 9.17) is 0 Å². The van der Waals surface area contributed by atoms with Gasteiger partial charge in [0.1, 0.15) is 0 Å². The maximum absolute atomic E-state index is 10.6. The molecular formula is C17H22N2O. The van der Waals surface area contributed by atoms with Crippen molar-refractivity contribution in [2.75, 3.05) is 11.9 Å². The van der Waals surface area contributed by atoms with E-state index in [1.54, 1.807) is 0 Å². The van der Waals surface area contributed by atoms with Crippen molar-refractivity contribution < 1.29 is 5.11 Å². The minimum Gasteiger partial charge on any atom is -0.388 e. The average Bonchev–Trinajstić information content (AvgIpc) is 2.45. The van der Waals surface area contributed by atoms with Crippen LogP contribution >= 0.6 is 0 Å². The predicted molar refractivity (Wildman–Crippen MR) is 83.0 cm³/mol. The zero-order valence-corrected chi connectivity index (χ0v) is 12.0. The summed E-state index contributed by atoms with van der Waals surface area (Å²) in [6.07, 6.45) is 5.33. The van der Waals surface area contributed by atoms with Gasteiger partial charge in [-0.2, -0.15) is 0 Å². The molecule has 1 aliphatic carbocycles. The van der Waals surface area contributed by atoms with E-state index in [1.165, 1.54) is 6.42 Å². The molecule has 3 heteroatoms. The van der Waals surface area contributed by atoms with Crippen LogP contribution in [0.1, 0.15) is 37.8 Å². The van der Waals surface area contributed by atoms with Crippen molar-refractivity contribution in [1.82, 2.24) is 4.98 Å². The van der Waals surface area contributed by atoms with Gasteiger partial charge in [0.15, 0.2) is 0 Å². The zero-order chi connectivity index (χ0) is 14.0. The summed E-state index contributed by atoms with van der Waals surface area (Å²) >= 11 is 0. The number of rotatable bonds is 3. The van der Waals surface area contributed by atoms with Crippen molar-refractivity contribution in [2.24, 2.45) is 0 Å². The molecule has 2 N–H and O–H groups in total. The first-order valence-electron chi connectivity index (χ1n) is 7.49. The van der Waals surface area contributed by atoms with E-state index in [0.717, 1.165) is 48.0 Å². The third-order valence-electron chi connectivity index (χ3n) is 4.26. The normalized spacial score (nSPS) is 18.1. The maximum Gasteiger partial charge on any atom is 0.0819 e. The summed E-state index contributed by atoms with van der Waals surface area (Å²) in [5.74, 6) is 0. The Morgan fingerprint density at radius 2 is 1.95 bits per heavy atom. The molecule has 1 fully saturated rings. The summed E-state index contributed by atoms with van der Waals surface area (Å²) in [6, 6.07) is 10.2. The Balaban J connectivity index is 1.80. The molecule has 0 unspecified atom stereocenters. The summed E-state index contributed by atoms with van der Waals surface area (Å²) in [5.41, 5.74) is 2.55. The van der Waals surface area contributed by atoms with E-state index in [2.05, 4.69) is 22.4 Å². The van der Waals surface area contributed by atoms with E-state index >= 15 is 0 Å². The third-order valence-corrected chi connectivity index (χ3v) is 4.26. The van der Waals surface area contributed by atoms with Crippen molar-refractivity contribution in [3.05, 3.63) is 36.0 Å². The number of aryl methyl sites for hydroxylation is 1.